The first-order chi connectivity index (χ1) is 7.40. The molecule has 0 fully saturated rings. The molecular formula is C13H19NO2. The van der Waals surface area contributed by atoms with Crippen LogP contribution in [0.4, 0.5) is 0 Å². The van der Waals surface area contributed by atoms with E-state index in [1.807, 2.05) is 37.3 Å². The highest BCUT2D eigenvalue weighted by Crippen LogP contribution is 2.33. The average molecular weight is 221 g/mol. The SMILES string of the molecule is CC(C)C(O)(C(N)=O)C(C)c1ccccc1. The topological polar surface area (TPSA) is 63.3 Å². The number of carbonyl (C=O) groups is 1. The fourth-order valence-corrected chi connectivity index (χ4v) is 1.99. The summed E-state index contributed by atoms with van der Waals surface area (Å²) >= 11 is 0. The molecule has 0 aliphatic rings. The van der Waals surface area contributed by atoms with Gasteiger partial charge in [-0.25, -0.2) is 0 Å². The van der Waals surface area contributed by atoms with Crippen molar-refractivity contribution in [1.29, 1.82) is 0 Å². The van der Waals surface area contributed by atoms with Crippen molar-refractivity contribution in [3.05, 3.63) is 35.9 Å². The van der Waals surface area contributed by atoms with Crippen LogP contribution >= 0.6 is 0 Å². The number of amides is 1. The third kappa shape index (κ3) is 2.09. The summed E-state index contributed by atoms with van der Waals surface area (Å²) in [6, 6.07) is 9.44. The van der Waals surface area contributed by atoms with E-state index < -0.39 is 11.5 Å². The van der Waals surface area contributed by atoms with Crippen molar-refractivity contribution in [2.45, 2.75) is 32.3 Å². The molecule has 3 N–H and O–H groups in total. The molecule has 3 heteroatoms. The predicted molar refractivity (Wildman–Crippen MR) is 63.8 cm³/mol. The molecule has 2 atom stereocenters. The summed E-state index contributed by atoms with van der Waals surface area (Å²) in [4.78, 5) is 11.4. The second-order valence-electron chi connectivity index (χ2n) is 4.48. The molecule has 16 heavy (non-hydrogen) atoms. The number of carbonyl (C=O) groups excluding carboxylic acids is 1. The summed E-state index contributed by atoms with van der Waals surface area (Å²) in [5, 5.41) is 10.4. The summed E-state index contributed by atoms with van der Waals surface area (Å²) in [6.45, 7) is 5.41. The monoisotopic (exact) mass is 221 g/mol. The minimum atomic E-state index is -1.50. The molecular weight excluding hydrogens is 202 g/mol. The first-order valence-electron chi connectivity index (χ1n) is 5.48. The number of aliphatic hydroxyl groups is 1. The maximum Gasteiger partial charge on any atom is 0.250 e. The lowest BCUT2D eigenvalue weighted by atomic mass is 9.75. The standard InChI is InChI=1S/C13H19NO2/c1-9(2)13(16,12(14)15)10(3)11-7-5-4-6-8-11/h4-10,16H,1-3H3,(H2,14,15). The Morgan fingerprint density at radius 2 is 1.75 bits per heavy atom. The zero-order valence-electron chi connectivity index (χ0n) is 9.97. The van der Waals surface area contributed by atoms with E-state index in [-0.39, 0.29) is 11.8 Å². The van der Waals surface area contributed by atoms with Crippen LogP contribution in [-0.4, -0.2) is 16.6 Å². The molecule has 1 amide bonds. The molecule has 1 aromatic carbocycles. The maximum atomic E-state index is 11.4. The van der Waals surface area contributed by atoms with Gasteiger partial charge in [-0.15, -0.1) is 0 Å². The van der Waals surface area contributed by atoms with Crippen molar-refractivity contribution in [2.75, 3.05) is 0 Å². The van der Waals surface area contributed by atoms with Gasteiger partial charge >= 0.3 is 0 Å². The Kier molecular flexibility index (Phi) is 3.70. The number of hydrogen-bond acceptors (Lipinski definition) is 2. The highest BCUT2D eigenvalue weighted by molar-refractivity contribution is 5.84. The number of benzene rings is 1. The summed E-state index contributed by atoms with van der Waals surface area (Å²) in [6.07, 6.45) is 0. The van der Waals surface area contributed by atoms with Gasteiger partial charge in [0, 0.05) is 5.92 Å². The molecule has 0 radical (unpaired) electrons. The van der Waals surface area contributed by atoms with E-state index in [9.17, 15) is 9.90 Å². The Morgan fingerprint density at radius 3 is 2.12 bits per heavy atom. The van der Waals surface area contributed by atoms with E-state index in [2.05, 4.69) is 0 Å². The highest BCUT2D eigenvalue weighted by Gasteiger charge is 2.43. The van der Waals surface area contributed by atoms with Gasteiger partial charge in [0.15, 0.2) is 5.60 Å². The van der Waals surface area contributed by atoms with Gasteiger partial charge in [0.2, 0.25) is 5.91 Å². The van der Waals surface area contributed by atoms with Gasteiger partial charge in [0.25, 0.3) is 0 Å². The Bertz CT molecular complexity index is 361. The normalized spacial score (nSPS) is 16.8. The number of nitrogens with two attached hydrogens (primary N) is 1. The van der Waals surface area contributed by atoms with Gasteiger partial charge in [-0.3, -0.25) is 4.79 Å². The minimum absolute atomic E-state index is 0.222. The van der Waals surface area contributed by atoms with Crippen LogP contribution in [0.15, 0.2) is 30.3 Å². The summed E-state index contributed by atoms with van der Waals surface area (Å²) in [5.41, 5.74) is 4.74. The van der Waals surface area contributed by atoms with Gasteiger partial charge in [-0.05, 0) is 11.5 Å². The zero-order valence-corrected chi connectivity index (χ0v) is 9.97. The van der Waals surface area contributed by atoms with Crippen molar-refractivity contribution >= 4 is 5.91 Å². The van der Waals surface area contributed by atoms with E-state index in [1.165, 1.54) is 0 Å². The van der Waals surface area contributed by atoms with Gasteiger partial charge in [0.05, 0.1) is 0 Å². The third-order valence-corrected chi connectivity index (χ3v) is 3.23. The molecule has 0 saturated carbocycles. The lowest BCUT2D eigenvalue weighted by molar-refractivity contribution is -0.143. The van der Waals surface area contributed by atoms with E-state index in [0.29, 0.717) is 0 Å². The van der Waals surface area contributed by atoms with E-state index >= 15 is 0 Å². The second-order valence-corrected chi connectivity index (χ2v) is 4.48. The molecule has 88 valence electrons. The summed E-state index contributed by atoms with van der Waals surface area (Å²) in [5.74, 6) is -1.20. The Labute approximate surface area is 96.3 Å². The van der Waals surface area contributed by atoms with Gasteiger partial charge in [-0.1, -0.05) is 51.1 Å². The molecule has 1 aromatic rings. The smallest absolute Gasteiger partial charge is 0.250 e. The fraction of sp³-hybridized carbons (Fsp3) is 0.462. The molecule has 0 aliphatic heterocycles. The van der Waals surface area contributed by atoms with Crippen LogP contribution in [0.3, 0.4) is 0 Å². The van der Waals surface area contributed by atoms with Crippen molar-refractivity contribution in [2.24, 2.45) is 11.7 Å². The van der Waals surface area contributed by atoms with Gasteiger partial charge in [-0.2, -0.15) is 0 Å². The number of rotatable bonds is 4. The zero-order chi connectivity index (χ0) is 12.3. The maximum absolute atomic E-state index is 11.4. The minimum Gasteiger partial charge on any atom is -0.379 e. The predicted octanol–water partition coefficient (Wildman–Crippen LogP) is 1.66. The lowest BCUT2D eigenvalue weighted by Crippen LogP contribution is -2.52. The van der Waals surface area contributed by atoms with Crippen LogP contribution in [0.25, 0.3) is 0 Å². The Hall–Kier alpha value is -1.35. The van der Waals surface area contributed by atoms with Crippen molar-refractivity contribution in [3.8, 4) is 0 Å². The van der Waals surface area contributed by atoms with E-state index in [0.717, 1.165) is 5.56 Å². The molecule has 2 unspecified atom stereocenters. The molecule has 0 bridgehead atoms. The van der Waals surface area contributed by atoms with Crippen LogP contribution in [0, 0.1) is 5.92 Å². The van der Waals surface area contributed by atoms with Crippen molar-refractivity contribution < 1.29 is 9.90 Å². The van der Waals surface area contributed by atoms with Crippen LogP contribution < -0.4 is 5.73 Å². The average Bonchev–Trinajstić information content (AvgIpc) is 2.27. The molecule has 0 aromatic heterocycles. The molecule has 0 spiro atoms. The molecule has 3 nitrogen and oxygen atoms in total. The van der Waals surface area contributed by atoms with Crippen molar-refractivity contribution in [3.63, 3.8) is 0 Å². The summed E-state index contributed by atoms with van der Waals surface area (Å²) in [7, 11) is 0. The van der Waals surface area contributed by atoms with Gasteiger partial charge < -0.3 is 10.8 Å². The largest absolute Gasteiger partial charge is 0.379 e. The quantitative estimate of drug-likeness (QED) is 0.812. The summed E-state index contributed by atoms with van der Waals surface area (Å²) < 4.78 is 0. The molecule has 0 heterocycles. The highest BCUT2D eigenvalue weighted by atomic mass is 16.3. The first-order valence-corrected chi connectivity index (χ1v) is 5.48. The number of primary amides is 1. The third-order valence-electron chi connectivity index (χ3n) is 3.23. The fourth-order valence-electron chi connectivity index (χ4n) is 1.99. The second kappa shape index (κ2) is 4.66. The van der Waals surface area contributed by atoms with Gasteiger partial charge in [0.1, 0.15) is 0 Å². The molecule has 0 saturated heterocycles. The van der Waals surface area contributed by atoms with Crippen LogP contribution in [0.5, 0.6) is 0 Å². The molecule has 0 aliphatic carbocycles. The van der Waals surface area contributed by atoms with Crippen LogP contribution in [0.1, 0.15) is 32.3 Å². The Balaban J connectivity index is 3.11. The van der Waals surface area contributed by atoms with Crippen molar-refractivity contribution in [1.82, 2.24) is 0 Å². The number of hydrogen-bond donors (Lipinski definition) is 2. The van der Waals surface area contributed by atoms with Crippen LogP contribution in [-0.2, 0) is 4.79 Å². The van der Waals surface area contributed by atoms with Crippen LogP contribution in [0.2, 0.25) is 0 Å². The van der Waals surface area contributed by atoms with E-state index in [4.69, 9.17) is 5.73 Å². The molecule has 1 rings (SSSR count). The lowest BCUT2D eigenvalue weighted by Gasteiger charge is -2.35. The first kappa shape index (κ1) is 12.7. The van der Waals surface area contributed by atoms with E-state index in [1.54, 1.807) is 13.8 Å². The Morgan fingerprint density at radius 1 is 1.25 bits per heavy atom.